The zero-order chi connectivity index (χ0) is 60.6. The molecule has 4 aromatic carbocycles. The van der Waals surface area contributed by atoms with Gasteiger partial charge in [0.2, 0.25) is 11.8 Å². The Balaban J connectivity index is 0.000000232. The summed E-state index contributed by atoms with van der Waals surface area (Å²) in [4.78, 5) is 71.8. The maximum atomic E-state index is 13.8. The molecule has 0 bridgehead atoms. The van der Waals surface area contributed by atoms with Crippen molar-refractivity contribution >= 4 is 91.0 Å². The normalized spacial score (nSPS) is 15.9. The average molecular weight is 1220 g/mol. The number of carboxylic acid groups (broad SMARTS) is 1. The van der Waals surface area contributed by atoms with Crippen LogP contribution in [0.2, 0.25) is 10.3 Å². The number of imidazole rings is 2. The molecule has 0 spiro atoms. The van der Waals surface area contributed by atoms with Crippen LogP contribution in [0.5, 0.6) is 0 Å². The number of alkyl carbamates (subject to hydrolysis) is 1. The number of carbonyl (C=O) groups excluding carboxylic acids is 3. The number of hydrogen-bond donors (Lipinski definition) is 3. The van der Waals surface area contributed by atoms with Crippen LogP contribution in [0.4, 0.5) is 4.79 Å². The van der Waals surface area contributed by atoms with Crippen molar-refractivity contribution in [3.05, 3.63) is 142 Å². The highest BCUT2D eigenvalue weighted by Crippen LogP contribution is 2.33. The minimum Gasteiger partial charge on any atom is -0.481 e. The molecule has 2 unspecified atom stereocenters. The predicted molar refractivity (Wildman–Crippen MR) is 341 cm³/mol. The van der Waals surface area contributed by atoms with Gasteiger partial charge in [-0.1, -0.05) is 116 Å². The summed E-state index contributed by atoms with van der Waals surface area (Å²) in [5.74, 6) is 1.37. The first kappa shape index (κ1) is 66.3. The second-order valence-electron chi connectivity index (χ2n) is 23.0. The molecule has 460 valence electrons. The van der Waals surface area contributed by atoms with E-state index in [1.165, 1.54) is 10.8 Å². The van der Waals surface area contributed by atoms with E-state index in [4.69, 9.17) is 63.0 Å². The molecule has 8 aromatic rings. The highest BCUT2D eigenvalue weighted by atomic mass is 35.5. The van der Waals surface area contributed by atoms with Crippen LogP contribution >= 0.6 is 23.2 Å². The van der Waals surface area contributed by atoms with Crippen LogP contribution in [0.3, 0.4) is 0 Å². The molecule has 2 aliphatic heterocycles. The van der Waals surface area contributed by atoms with Gasteiger partial charge in [-0.05, 0) is 129 Å². The van der Waals surface area contributed by atoms with Gasteiger partial charge < -0.3 is 49.3 Å². The number of halogens is 2. The summed E-state index contributed by atoms with van der Waals surface area (Å²) in [5.41, 5.74) is 11.2. The minimum absolute atomic E-state index is 0. The number of nitrogens with two attached hydrogens (primary N) is 1. The largest absolute Gasteiger partial charge is 0.481 e. The number of benzene rings is 4. The third kappa shape index (κ3) is 18.6. The molecule has 4 atom stereocenters. The summed E-state index contributed by atoms with van der Waals surface area (Å²) in [7, 11) is 3.40. The Morgan fingerprint density at radius 3 is 1.55 bits per heavy atom. The second-order valence-corrected chi connectivity index (χ2v) is 23.8. The first-order valence-corrected chi connectivity index (χ1v) is 30.1. The van der Waals surface area contributed by atoms with E-state index in [2.05, 4.69) is 85.1 Å². The van der Waals surface area contributed by atoms with Crippen LogP contribution in [0, 0.1) is 0 Å². The van der Waals surface area contributed by atoms with Gasteiger partial charge in [-0.2, -0.15) is 0 Å². The smallest absolute Gasteiger partial charge is 0.407 e. The number of hydrogen-bond acceptors (Lipinski definition) is 12. The predicted octanol–water partition coefficient (Wildman–Crippen LogP) is 12.2. The van der Waals surface area contributed by atoms with Gasteiger partial charge in [0.25, 0.3) is 5.97 Å². The van der Waals surface area contributed by atoms with Crippen molar-refractivity contribution in [1.29, 1.82) is 0 Å². The van der Waals surface area contributed by atoms with E-state index in [0.717, 1.165) is 114 Å². The Kier molecular flexibility index (Phi) is 24.2. The molecule has 2 saturated heterocycles. The van der Waals surface area contributed by atoms with Crippen LogP contribution in [-0.4, -0.2) is 139 Å². The molecule has 20 heteroatoms. The van der Waals surface area contributed by atoms with Crippen LogP contribution < -0.4 is 11.1 Å². The highest BCUT2D eigenvalue weighted by molar-refractivity contribution is 6.30. The van der Waals surface area contributed by atoms with Gasteiger partial charge >= 0.3 is 6.09 Å². The summed E-state index contributed by atoms with van der Waals surface area (Å²) in [6.45, 7) is 11.9. The van der Waals surface area contributed by atoms with E-state index in [9.17, 15) is 14.4 Å². The molecule has 2 fully saturated rings. The van der Waals surface area contributed by atoms with Gasteiger partial charge in [-0.25, -0.2) is 24.7 Å². The Morgan fingerprint density at radius 2 is 1.09 bits per heavy atom. The number of fused-ring (bicyclic) bond motifs is 4. The number of piperidine rings is 2. The number of carbonyl (C=O) groups is 4. The van der Waals surface area contributed by atoms with Gasteiger partial charge in [0.05, 0.1) is 0 Å². The molecule has 4 aromatic heterocycles. The molecule has 4 N–H and O–H groups in total. The molecule has 10 rings (SSSR count). The quantitative estimate of drug-likeness (QED) is 0.0507. The fourth-order valence-corrected chi connectivity index (χ4v) is 11.6. The molecule has 18 nitrogen and oxygen atoms in total. The van der Waals surface area contributed by atoms with E-state index in [1.807, 2.05) is 67.0 Å². The summed E-state index contributed by atoms with van der Waals surface area (Å²) >= 11 is 12.5. The second kappa shape index (κ2) is 31.4. The average Bonchev–Trinajstić information content (AvgIpc) is 1.90. The molecule has 86 heavy (non-hydrogen) atoms. The Hall–Kier alpha value is -7.22. The Labute approximate surface area is 514 Å². The lowest BCUT2D eigenvalue weighted by molar-refractivity contribution is -0.135. The third-order valence-corrected chi connectivity index (χ3v) is 15.5. The SMILES string of the molecule is C.CC(=O)O.COCCCn1c(C2CCCN(C(=O)C[C@@H](Cc3ccc4ccccc4c3)NC(=O)OC(C)(C)C)C2)nc2ccc(Cl)nc21.COCCCn1c(C2CCCN(C(=O)C[C@H](N)Cc3ccc4ccccc4c3)C2)nc2ccc(Cl)nc21. The minimum atomic E-state index is -0.833. The van der Waals surface area contributed by atoms with Crippen molar-refractivity contribution < 1.29 is 38.5 Å². The standard InChI is InChI=1S/C34H42ClN5O4.C29H34ClN5O2.C2H4O2.CH4/c1-34(2,3)44-33(42)36-27(20-23-12-13-24-9-5-6-10-25(24)19-23)21-30(41)39-16-7-11-26(22-39)31-37-28-14-15-29(35)38-32(28)40(31)17-8-18-43-4;1-37-15-5-14-35-28(32-25-11-12-26(30)33-29(25)35)23-8-4-13-34(19-23)27(36)18-24(31)17-20-9-10-21-6-2-3-7-22(21)16-20;1-2(3)4;/h5-6,9-10,12-15,19,26-27H,7-8,11,16-18,20-22H2,1-4H3,(H,36,42);2-3,6-7,9-12,16,23-24H,4-5,8,13-15,17-19,31H2,1H3;1H3,(H,3,4);1H4/t26?,27-;23?,24-;;/m11../s1. The summed E-state index contributed by atoms with van der Waals surface area (Å²) in [6, 6.07) is 35.8. The van der Waals surface area contributed by atoms with Gasteiger partial charge in [-0.3, -0.25) is 14.4 Å². The topological polar surface area (TPSA) is 222 Å². The van der Waals surface area contributed by atoms with Crippen molar-refractivity contribution in [3.63, 3.8) is 0 Å². The number of pyridine rings is 2. The molecule has 3 amide bonds. The maximum absolute atomic E-state index is 13.8. The lowest BCUT2D eigenvalue weighted by Crippen LogP contribution is -2.46. The number of aromatic nitrogens is 6. The summed E-state index contributed by atoms with van der Waals surface area (Å²) in [5, 5.41) is 16.0. The van der Waals surface area contributed by atoms with Crippen LogP contribution in [0.1, 0.15) is 121 Å². The number of amides is 3. The molecule has 2 aliphatic rings. The summed E-state index contributed by atoms with van der Waals surface area (Å²) in [6.07, 6.45) is 6.52. The number of nitrogens with zero attached hydrogens (tertiary/aromatic N) is 8. The fraction of sp³-hybridized carbons (Fsp3) is 0.455. The first-order valence-electron chi connectivity index (χ1n) is 29.3. The number of methoxy groups -OCH3 is 2. The first-order chi connectivity index (χ1) is 40.8. The monoisotopic (exact) mass is 1210 g/mol. The fourth-order valence-electron chi connectivity index (χ4n) is 11.4. The number of rotatable bonds is 19. The summed E-state index contributed by atoms with van der Waals surface area (Å²) < 4.78 is 20.4. The molecule has 0 saturated carbocycles. The Morgan fingerprint density at radius 1 is 0.651 bits per heavy atom. The van der Waals surface area contributed by atoms with E-state index in [1.54, 1.807) is 26.4 Å². The van der Waals surface area contributed by atoms with Gasteiger partial charge in [0, 0.05) is 110 Å². The lowest BCUT2D eigenvalue weighted by Gasteiger charge is -2.34. The molecule has 6 heterocycles. The maximum Gasteiger partial charge on any atom is 0.407 e. The van der Waals surface area contributed by atoms with E-state index < -0.39 is 23.7 Å². The molecular weight excluding hydrogens is 1130 g/mol. The van der Waals surface area contributed by atoms with E-state index in [-0.39, 0.29) is 43.5 Å². The van der Waals surface area contributed by atoms with Crippen molar-refractivity contribution in [2.24, 2.45) is 5.73 Å². The van der Waals surface area contributed by atoms with Crippen LogP contribution in [0.15, 0.2) is 109 Å². The number of carboxylic acids is 1. The van der Waals surface area contributed by atoms with E-state index in [0.29, 0.717) is 69.0 Å². The molecule has 0 aliphatic carbocycles. The third-order valence-electron chi connectivity index (χ3n) is 15.1. The number of likely N-dealkylation sites (tertiary alicyclic amines) is 2. The number of aliphatic carboxylic acids is 1. The van der Waals surface area contributed by atoms with Gasteiger partial charge in [-0.15, -0.1) is 0 Å². The zero-order valence-electron chi connectivity index (χ0n) is 49.6. The van der Waals surface area contributed by atoms with Crippen molar-refractivity contribution in [2.45, 2.75) is 142 Å². The van der Waals surface area contributed by atoms with Gasteiger partial charge in [0.1, 0.15) is 38.6 Å². The van der Waals surface area contributed by atoms with Crippen molar-refractivity contribution in [2.75, 3.05) is 53.6 Å². The number of nitrogens with one attached hydrogen (secondary N) is 1. The molecule has 0 radical (unpaired) electrons. The Bertz CT molecular complexity index is 3560. The van der Waals surface area contributed by atoms with Crippen LogP contribution in [0.25, 0.3) is 43.9 Å². The number of ether oxygens (including phenoxy) is 3. The zero-order valence-corrected chi connectivity index (χ0v) is 51.2. The highest BCUT2D eigenvalue weighted by Gasteiger charge is 2.33. The van der Waals surface area contributed by atoms with E-state index >= 15 is 0 Å². The number of aryl methyl sites for hydroxylation is 2. The van der Waals surface area contributed by atoms with Crippen LogP contribution in [-0.2, 0) is 54.5 Å². The van der Waals surface area contributed by atoms with Crippen molar-refractivity contribution in [1.82, 2.24) is 44.2 Å². The van der Waals surface area contributed by atoms with Gasteiger partial charge in [0.15, 0.2) is 11.3 Å². The molecular formula is C66H84Cl2N10O8. The lowest BCUT2D eigenvalue weighted by atomic mass is 9.95. The van der Waals surface area contributed by atoms with Crippen molar-refractivity contribution in [3.8, 4) is 0 Å².